The first-order chi connectivity index (χ1) is 23.8. The van der Waals surface area contributed by atoms with E-state index in [-0.39, 0.29) is 0 Å². The number of aromatic amines is 2. The van der Waals surface area contributed by atoms with Crippen molar-refractivity contribution in [2.75, 3.05) is 0 Å². The van der Waals surface area contributed by atoms with Gasteiger partial charge in [0.05, 0.1) is 22.8 Å². The van der Waals surface area contributed by atoms with Crippen LogP contribution in [-0.2, 0) is 25.7 Å². The highest BCUT2D eigenvalue weighted by molar-refractivity contribution is 5.94. The number of fused-ring (bicyclic) bond motifs is 8. The molecule has 5 heterocycles. The summed E-state index contributed by atoms with van der Waals surface area (Å²) >= 11 is 0. The lowest BCUT2D eigenvalue weighted by Crippen LogP contribution is -1.93. The molecule has 4 nitrogen and oxygen atoms in total. The highest BCUT2D eigenvalue weighted by Crippen LogP contribution is 2.38. The molecular formula is C44H34N4. The number of rotatable bonds is 4. The summed E-state index contributed by atoms with van der Waals surface area (Å²) in [6, 6.07) is 47.1. The molecule has 9 rings (SSSR count). The summed E-state index contributed by atoms with van der Waals surface area (Å²) in [5, 5.41) is 0. The van der Waals surface area contributed by atoms with Crippen molar-refractivity contribution in [3.05, 3.63) is 168 Å². The van der Waals surface area contributed by atoms with Crippen LogP contribution in [0.25, 0.3) is 67.7 Å². The van der Waals surface area contributed by atoms with Crippen LogP contribution in [0.5, 0.6) is 0 Å². The van der Waals surface area contributed by atoms with Gasteiger partial charge in [-0.3, -0.25) is 4.98 Å². The molecule has 6 aromatic rings. The third kappa shape index (κ3) is 5.03. The molecule has 0 saturated carbocycles. The van der Waals surface area contributed by atoms with Gasteiger partial charge in [0.25, 0.3) is 0 Å². The number of aromatic nitrogens is 4. The summed E-state index contributed by atoms with van der Waals surface area (Å²) in [6.45, 7) is 0. The standard InChI is InChI=1S/C44H34N4/c1-5-13-29(14-6-1)41-33-21-23-35(45-33)42(30-15-7-2-8-16-30)37-25-27-39(47-37)44(32-19-11-4-12-20-32)40-28-26-38(48-40)43(31-17-9-3-10-18-31)36-24-22-34(41)46-36/h1-24,45,48H,25-28H2. The van der Waals surface area contributed by atoms with Gasteiger partial charge in [0.2, 0.25) is 0 Å². The zero-order valence-corrected chi connectivity index (χ0v) is 26.6. The van der Waals surface area contributed by atoms with E-state index < -0.39 is 0 Å². The average Bonchev–Trinajstić information content (AvgIpc) is 3.98. The van der Waals surface area contributed by atoms with Crippen molar-refractivity contribution in [1.82, 2.24) is 19.9 Å². The monoisotopic (exact) mass is 618 g/mol. The number of hydrogen-bond donors (Lipinski definition) is 2. The van der Waals surface area contributed by atoms with Gasteiger partial charge in [-0.05, 0) is 72.2 Å². The van der Waals surface area contributed by atoms with Crippen molar-refractivity contribution in [3.8, 4) is 44.5 Å². The largest absolute Gasteiger partial charge is 0.361 e. The Balaban J connectivity index is 1.47. The van der Waals surface area contributed by atoms with E-state index in [1.807, 2.05) is 0 Å². The fourth-order valence-electron chi connectivity index (χ4n) is 7.46. The molecule has 3 aliphatic heterocycles. The zero-order chi connectivity index (χ0) is 31.9. The van der Waals surface area contributed by atoms with E-state index in [2.05, 4.69) is 156 Å². The predicted octanol–water partition coefficient (Wildman–Crippen LogP) is 10.4. The zero-order valence-electron chi connectivity index (χ0n) is 26.6. The minimum Gasteiger partial charge on any atom is -0.361 e. The summed E-state index contributed by atoms with van der Waals surface area (Å²) in [5.74, 6) is 0. The van der Waals surface area contributed by atoms with E-state index in [1.54, 1.807) is 0 Å². The SMILES string of the molecule is C1=Cc2nc1c(-c1ccccc1)c1[nH]c(c(-c3ccccc3)c3nc(c(-c4ccccc4)c4ccc([nH]4)c2-c2ccccc2)CC3)CC1. The summed E-state index contributed by atoms with van der Waals surface area (Å²) < 4.78 is 0. The van der Waals surface area contributed by atoms with Crippen LogP contribution >= 0.6 is 0 Å². The van der Waals surface area contributed by atoms with Crippen molar-refractivity contribution >= 4 is 23.2 Å². The van der Waals surface area contributed by atoms with Crippen LogP contribution in [-0.4, -0.2) is 19.9 Å². The first-order valence-corrected chi connectivity index (χ1v) is 16.8. The molecule has 0 saturated heterocycles. The fourth-order valence-corrected chi connectivity index (χ4v) is 7.46. The van der Waals surface area contributed by atoms with Crippen molar-refractivity contribution < 1.29 is 0 Å². The summed E-state index contributed by atoms with van der Waals surface area (Å²) in [5.41, 5.74) is 17.9. The quantitative estimate of drug-likeness (QED) is 0.206. The number of aryl methyl sites for hydroxylation is 4. The van der Waals surface area contributed by atoms with Gasteiger partial charge >= 0.3 is 0 Å². The molecule has 4 aromatic carbocycles. The van der Waals surface area contributed by atoms with Crippen molar-refractivity contribution in [2.24, 2.45) is 0 Å². The molecule has 0 unspecified atom stereocenters. The molecule has 4 heteroatoms. The molecule has 0 spiro atoms. The van der Waals surface area contributed by atoms with E-state index in [1.165, 1.54) is 22.5 Å². The molecule has 230 valence electrons. The Morgan fingerprint density at radius 2 is 0.771 bits per heavy atom. The molecule has 2 aromatic heterocycles. The molecule has 0 atom stereocenters. The molecule has 48 heavy (non-hydrogen) atoms. The number of H-pyrrole nitrogens is 2. The second-order valence-corrected chi connectivity index (χ2v) is 12.6. The number of hydrogen-bond acceptors (Lipinski definition) is 2. The second kappa shape index (κ2) is 12.0. The molecule has 0 aliphatic carbocycles. The highest BCUT2D eigenvalue weighted by Gasteiger charge is 2.23. The van der Waals surface area contributed by atoms with Crippen LogP contribution in [0.15, 0.2) is 133 Å². The maximum atomic E-state index is 5.49. The topological polar surface area (TPSA) is 57.4 Å². The summed E-state index contributed by atoms with van der Waals surface area (Å²) in [6.07, 6.45) is 7.92. The van der Waals surface area contributed by atoms with Crippen LogP contribution in [0.2, 0.25) is 0 Å². The van der Waals surface area contributed by atoms with Gasteiger partial charge in [0.15, 0.2) is 0 Å². The van der Waals surface area contributed by atoms with Gasteiger partial charge in [-0.25, -0.2) is 4.98 Å². The molecular weight excluding hydrogens is 585 g/mol. The lowest BCUT2D eigenvalue weighted by molar-refractivity contribution is 1.00. The molecule has 0 radical (unpaired) electrons. The fraction of sp³-hybridized carbons (Fsp3) is 0.0909. The van der Waals surface area contributed by atoms with Gasteiger partial charge in [0, 0.05) is 44.7 Å². The molecule has 2 N–H and O–H groups in total. The third-order valence-corrected chi connectivity index (χ3v) is 9.60. The Hall–Kier alpha value is -6.00. The average molecular weight is 619 g/mol. The van der Waals surface area contributed by atoms with Crippen LogP contribution in [0.3, 0.4) is 0 Å². The maximum Gasteiger partial charge on any atom is 0.0737 e. The predicted molar refractivity (Wildman–Crippen MR) is 198 cm³/mol. The van der Waals surface area contributed by atoms with E-state index in [0.717, 1.165) is 92.9 Å². The van der Waals surface area contributed by atoms with Crippen LogP contribution in [0, 0.1) is 0 Å². The van der Waals surface area contributed by atoms with Crippen LogP contribution < -0.4 is 0 Å². The van der Waals surface area contributed by atoms with Crippen molar-refractivity contribution in [3.63, 3.8) is 0 Å². The normalized spacial score (nSPS) is 13.0. The van der Waals surface area contributed by atoms with Crippen LogP contribution in [0.4, 0.5) is 0 Å². The molecule has 8 bridgehead atoms. The number of nitrogens with one attached hydrogen (secondary N) is 2. The first-order valence-electron chi connectivity index (χ1n) is 16.8. The summed E-state index contributed by atoms with van der Waals surface area (Å²) in [4.78, 5) is 18.7. The minimum atomic E-state index is 0.873. The number of benzene rings is 4. The van der Waals surface area contributed by atoms with Gasteiger partial charge in [-0.1, -0.05) is 121 Å². The molecule has 0 fully saturated rings. The lowest BCUT2D eigenvalue weighted by Gasteiger charge is -2.08. The van der Waals surface area contributed by atoms with Gasteiger partial charge < -0.3 is 9.97 Å². The molecule has 3 aliphatic rings. The van der Waals surface area contributed by atoms with E-state index in [4.69, 9.17) is 9.97 Å². The van der Waals surface area contributed by atoms with Crippen molar-refractivity contribution in [1.29, 1.82) is 0 Å². The van der Waals surface area contributed by atoms with Gasteiger partial charge in [-0.2, -0.15) is 0 Å². The number of nitrogens with zero attached hydrogens (tertiary/aromatic N) is 2. The third-order valence-electron chi connectivity index (χ3n) is 9.60. The second-order valence-electron chi connectivity index (χ2n) is 12.6. The molecule has 0 amide bonds. The Bertz CT molecular complexity index is 2370. The van der Waals surface area contributed by atoms with E-state index in [9.17, 15) is 0 Å². The Morgan fingerprint density at radius 1 is 0.354 bits per heavy atom. The van der Waals surface area contributed by atoms with Gasteiger partial charge in [-0.15, -0.1) is 0 Å². The Morgan fingerprint density at radius 3 is 1.33 bits per heavy atom. The maximum absolute atomic E-state index is 5.49. The van der Waals surface area contributed by atoms with Crippen LogP contribution in [0.1, 0.15) is 34.2 Å². The smallest absolute Gasteiger partial charge is 0.0737 e. The van der Waals surface area contributed by atoms with Gasteiger partial charge in [0.1, 0.15) is 0 Å². The first kappa shape index (κ1) is 28.2. The minimum absolute atomic E-state index is 0.873. The Kier molecular flexibility index (Phi) is 7.05. The summed E-state index contributed by atoms with van der Waals surface area (Å²) in [7, 11) is 0. The van der Waals surface area contributed by atoms with E-state index in [0.29, 0.717) is 0 Å². The van der Waals surface area contributed by atoms with Crippen molar-refractivity contribution in [2.45, 2.75) is 25.7 Å². The Labute approximate surface area is 280 Å². The highest BCUT2D eigenvalue weighted by atomic mass is 14.8. The van der Waals surface area contributed by atoms with E-state index >= 15 is 0 Å². The lowest BCUT2D eigenvalue weighted by atomic mass is 9.98.